The van der Waals surface area contributed by atoms with Crippen LogP contribution in [0, 0.1) is 23.0 Å². The molecule has 1 fully saturated rings. The fraction of sp³-hybridized carbons (Fsp3) is 0.375. The van der Waals surface area contributed by atoms with Crippen LogP contribution in [0.5, 0.6) is 0 Å². The number of hydrogen-bond acceptors (Lipinski definition) is 4. The van der Waals surface area contributed by atoms with Crippen molar-refractivity contribution in [2.45, 2.75) is 19.6 Å². The van der Waals surface area contributed by atoms with Gasteiger partial charge in [-0.3, -0.25) is 4.68 Å². The average molecular weight is 318 g/mol. The van der Waals surface area contributed by atoms with Crippen LogP contribution in [0.1, 0.15) is 24.2 Å². The molecule has 2 aromatic rings. The van der Waals surface area contributed by atoms with Crippen molar-refractivity contribution in [3.05, 3.63) is 47.3 Å². The molecule has 1 aromatic heterocycles. The van der Waals surface area contributed by atoms with E-state index >= 15 is 0 Å². The Morgan fingerprint density at radius 3 is 2.74 bits per heavy atom. The van der Waals surface area contributed by atoms with E-state index in [1.807, 2.05) is 13.1 Å². The SMILES string of the molecule is CCn1cc(C2CN(c3c(F)cc(C#N)cc3F)CCO2)cn1. The Hall–Kier alpha value is -2.46. The predicted octanol–water partition coefficient (Wildman–Crippen LogP) is 2.63. The van der Waals surface area contributed by atoms with Crippen molar-refractivity contribution in [3.63, 3.8) is 0 Å². The number of nitrogens with zero attached hydrogens (tertiary/aromatic N) is 4. The summed E-state index contributed by atoms with van der Waals surface area (Å²) in [6.45, 7) is 3.80. The topological polar surface area (TPSA) is 54.1 Å². The molecule has 2 heterocycles. The van der Waals surface area contributed by atoms with E-state index in [0.717, 1.165) is 24.2 Å². The molecule has 1 unspecified atom stereocenters. The first-order valence-corrected chi connectivity index (χ1v) is 7.40. The molecule has 1 aliphatic rings. The number of hydrogen-bond donors (Lipinski definition) is 0. The van der Waals surface area contributed by atoms with Crippen molar-refractivity contribution in [1.29, 1.82) is 5.26 Å². The molecule has 1 saturated heterocycles. The van der Waals surface area contributed by atoms with Gasteiger partial charge in [0.2, 0.25) is 0 Å². The monoisotopic (exact) mass is 318 g/mol. The van der Waals surface area contributed by atoms with Gasteiger partial charge in [0.25, 0.3) is 0 Å². The number of benzene rings is 1. The lowest BCUT2D eigenvalue weighted by Gasteiger charge is -2.34. The van der Waals surface area contributed by atoms with Gasteiger partial charge in [-0.05, 0) is 19.1 Å². The summed E-state index contributed by atoms with van der Waals surface area (Å²) in [6, 6.07) is 3.86. The highest BCUT2D eigenvalue weighted by molar-refractivity contribution is 5.53. The van der Waals surface area contributed by atoms with Gasteiger partial charge < -0.3 is 9.64 Å². The Kier molecular flexibility index (Phi) is 4.26. The molecule has 23 heavy (non-hydrogen) atoms. The minimum Gasteiger partial charge on any atom is -0.370 e. The van der Waals surface area contributed by atoms with E-state index in [1.54, 1.807) is 21.8 Å². The lowest BCUT2D eigenvalue weighted by Crippen LogP contribution is -2.39. The molecular weight excluding hydrogens is 302 g/mol. The van der Waals surface area contributed by atoms with E-state index in [0.29, 0.717) is 19.7 Å². The van der Waals surface area contributed by atoms with Gasteiger partial charge in [0.15, 0.2) is 11.6 Å². The zero-order chi connectivity index (χ0) is 16.4. The number of aryl methyl sites for hydroxylation is 1. The summed E-state index contributed by atoms with van der Waals surface area (Å²) in [5.41, 5.74) is 0.740. The van der Waals surface area contributed by atoms with Crippen molar-refractivity contribution in [1.82, 2.24) is 9.78 Å². The number of nitriles is 1. The highest BCUT2D eigenvalue weighted by Crippen LogP contribution is 2.30. The van der Waals surface area contributed by atoms with Crippen LogP contribution < -0.4 is 4.90 Å². The maximum atomic E-state index is 14.2. The molecule has 1 atom stereocenters. The Morgan fingerprint density at radius 1 is 1.39 bits per heavy atom. The van der Waals surface area contributed by atoms with Crippen LogP contribution in [0.15, 0.2) is 24.5 Å². The first-order chi connectivity index (χ1) is 11.1. The zero-order valence-corrected chi connectivity index (χ0v) is 12.7. The lowest BCUT2D eigenvalue weighted by molar-refractivity contribution is 0.0393. The molecule has 3 rings (SSSR count). The molecule has 120 valence electrons. The largest absolute Gasteiger partial charge is 0.370 e. The van der Waals surface area contributed by atoms with Crippen LogP contribution in [0.4, 0.5) is 14.5 Å². The molecule has 0 N–H and O–H groups in total. The number of morpholine rings is 1. The van der Waals surface area contributed by atoms with Crippen LogP contribution in [-0.2, 0) is 11.3 Å². The van der Waals surface area contributed by atoms with Gasteiger partial charge >= 0.3 is 0 Å². The van der Waals surface area contributed by atoms with E-state index < -0.39 is 11.6 Å². The highest BCUT2D eigenvalue weighted by atomic mass is 19.1. The van der Waals surface area contributed by atoms with Crippen LogP contribution in [0.25, 0.3) is 0 Å². The summed E-state index contributed by atoms with van der Waals surface area (Å²) in [5, 5.41) is 13.0. The van der Waals surface area contributed by atoms with Gasteiger partial charge in [0.05, 0.1) is 24.4 Å². The number of ether oxygens (including phenoxy) is 1. The molecule has 0 bridgehead atoms. The first kappa shape index (κ1) is 15.4. The Balaban J connectivity index is 1.85. The fourth-order valence-electron chi connectivity index (χ4n) is 2.70. The second kappa shape index (κ2) is 6.34. The molecule has 1 aromatic carbocycles. The van der Waals surface area contributed by atoms with Crippen LogP contribution >= 0.6 is 0 Å². The van der Waals surface area contributed by atoms with Crippen molar-refractivity contribution >= 4 is 5.69 Å². The van der Waals surface area contributed by atoms with Crippen molar-refractivity contribution < 1.29 is 13.5 Å². The molecule has 0 saturated carbocycles. The van der Waals surface area contributed by atoms with E-state index in [2.05, 4.69) is 5.10 Å². The van der Waals surface area contributed by atoms with Crippen molar-refractivity contribution in [2.24, 2.45) is 0 Å². The van der Waals surface area contributed by atoms with E-state index in [-0.39, 0.29) is 17.4 Å². The number of anilines is 1. The van der Waals surface area contributed by atoms with Gasteiger partial charge in [-0.2, -0.15) is 10.4 Å². The fourth-order valence-corrected chi connectivity index (χ4v) is 2.70. The Morgan fingerprint density at radius 2 is 2.13 bits per heavy atom. The summed E-state index contributed by atoms with van der Waals surface area (Å²) in [5.74, 6) is -1.46. The van der Waals surface area contributed by atoms with Gasteiger partial charge in [-0.15, -0.1) is 0 Å². The van der Waals surface area contributed by atoms with Gasteiger partial charge in [0.1, 0.15) is 11.8 Å². The molecule has 0 aliphatic carbocycles. The average Bonchev–Trinajstić information content (AvgIpc) is 3.03. The number of rotatable bonds is 3. The summed E-state index contributed by atoms with van der Waals surface area (Å²) in [6.07, 6.45) is 3.29. The number of aromatic nitrogens is 2. The minimum absolute atomic E-state index is 0.0298. The smallest absolute Gasteiger partial charge is 0.150 e. The molecule has 0 amide bonds. The summed E-state index contributed by atoms with van der Waals surface area (Å²) in [4.78, 5) is 1.61. The minimum atomic E-state index is -0.730. The van der Waals surface area contributed by atoms with Gasteiger partial charge in [0, 0.05) is 31.4 Å². The molecular formula is C16H16F2N4O. The van der Waals surface area contributed by atoms with E-state index in [9.17, 15) is 8.78 Å². The standard InChI is InChI=1S/C16H16F2N4O/c1-2-22-9-12(8-20-22)15-10-21(3-4-23-15)16-13(17)5-11(7-19)6-14(16)18/h5-6,8-9,15H,2-4,10H2,1H3. The maximum absolute atomic E-state index is 14.2. The first-order valence-electron chi connectivity index (χ1n) is 7.40. The number of halogens is 2. The zero-order valence-electron chi connectivity index (χ0n) is 12.7. The molecule has 0 spiro atoms. The summed E-state index contributed by atoms with van der Waals surface area (Å²) >= 11 is 0. The Bertz CT molecular complexity index is 730. The van der Waals surface area contributed by atoms with Gasteiger partial charge in [-0.1, -0.05) is 0 Å². The third-order valence-corrected chi connectivity index (χ3v) is 3.88. The molecule has 7 heteroatoms. The molecule has 1 aliphatic heterocycles. The quantitative estimate of drug-likeness (QED) is 0.873. The predicted molar refractivity (Wildman–Crippen MR) is 79.9 cm³/mol. The van der Waals surface area contributed by atoms with Crippen molar-refractivity contribution in [2.75, 3.05) is 24.6 Å². The summed E-state index contributed by atoms with van der Waals surface area (Å²) < 4.78 is 35.8. The maximum Gasteiger partial charge on any atom is 0.150 e. The van der Waals surface area contributed by atoms with Crippen molar-refractivity contribution in [3.8, 4) is 6.07 Å². The molecule has 0 radical (unpaired) electrons. The van der Waals surface area contributed by atoms with E-state index in [1.165, 1.54) is 0 Å². The van der Waals surface area contributed by atoms with Gasteiger partial charge in [-0.25, -0.2) is 8.78 Å². The highest BCUT2D eigenvalue weighted by Gasteiger charge is 2.27. The van der Waals surface area contributed by atoms with Crippen LogP contribution in [-0.4, -0.2) is 29.5 Å². The third-order valence-electron chi connectivity index (χ3n) is 3.88. The second-order valence-electron chi connectivity index (χ2n) is 5.34. The third kappa shape index (κ3) is 3.03. The Labute approximate surface area is 132 Å². The lowest BCUT2D eigenvalue weighted by atomic mass is 10.1. The summed E-state index contributed by atoms with van der Waals surface area (Å²) in [7, 11) is 0. The van der Waals surface area contributed by atoms with E-state index in [4.69, 9.17) is 10.00 Å². The van der Waals surface area contributed by atoms with Crippen LogP contribution in [0.2, 0.25) is 0 Å². The second-order valence-corrected chi connectivity index (χ2v) is 5.34. The normalized spacial score (nSPS) is 18.0. The molecule has 5 nitrogen and oxygen atoms in total. The van der Waals surface area contributed by atoms with Crippen LogP contribution in [0.3, 0.4) is 0 Å².